The maximum absolute atomic E-state index is 13.2. The minimum atomic E-state index is -0.646. The lowest BCUT2D eigenvalue weighted by atomic mass is 10.0. The first-order chi connectivity index (χ1) is 12.1. The third kappa shape index (κ3) is 2.94. The van der Waals surface area contributed by atoms with Crippen molar-refractivity contribution in [2.24, 2.45) is 0 Å². The maximum atomic E-state index is 13.2. The lowest BCUT2D eigenvalue weighted by Crippen LogP contribution is -2.33. The fourth-order valence-corrected chi connectivity index (χ4v) is 3.14. The number of nitrogens with zero attached hydrogens (tertiary/aromatic N) is 4. The Labute approximate surface area is 142 Å². The normalized spacial score (nSPS) is 20.2. The van der Waals surface area contributed by atoms with Crippen molar-refractivity contribution in [3.8, 4) is 0 Å². The largest absolute Gasteiger partial charge is 0.391 e. The van der Waals surface area contributed by atoms with Gasteiger partial charge < -0.3 is 10.0 Å². The molecular formula is C18H15FN4O2. The SMILES string of the molecule is O=C(c1nnc2ccccc2n1)N1C[C@H](O)C[C@@H]1c1ccc(F)cc1. The molecule has 1 fully saturated rings. The smallest absolute Gasteiger partial charge is 0.294 e. The lowest BCUT2D eigenvalue weighted by molar-refractivity contribution is 0.0702. The van der Waals surface area contributed by atoms with E-state index in [-0.39, 0.29) is 24.2 Å². The summed E-state index contributed by atoms with van der Waals surface area (Å²) in [4.78, 5) is 18.7. The van der Waals surface area contributed by atoms with Crippen molar-refractivity contribution in [1.82, 2.24) is 20.1 Å². The van der Waals surface area contributed by atoms with E-state index in [1.165, 1.54) is 17.0 Å². The van der Waals surface area contributed by atoms with Crippen molar-refractivity contribution in [3.63, 3.8) is 0 Å². The third-order valence-electron chi connectivity index (χ3n) is 4.35. The molecule has 25 heavy (non-hydrogen) atoms. The summed E-state index contributed by atoms with van der Waals surface area (Å²) in [6, 6.07) is 12.7. The number of hydrogen-bond acceptors (Lipinski definition) is 5. The summed E-state index contributed by atoms with van der Waals surface area (Å²) in [5.41, 5.74) is 1.95. The zero-order valence-electron chi connectivity index (χ0n) is 13.2. The van der Waals surface area contributed by atoms with Crippen molar-refractivity contribution in [2.45, 2.75) is 18.6 Å². The highest BCUT2D eigenvalue weighted by atomic mass is 19.1. The molecule has 1 N–H and O–H groups in total. The fourth-order valence-electron chi connectivity index (χ4n) is 3.14. The quantitative estimate of drug-likeness (QED) is 0.774. The summed E-state index contributed by atoms with van der Waals surface area (Å²) in [6.45, 7) is 0.178. The van der Waals surface area contributed by atoms with Gasteiger partial charge in [0.05, 0.1) is 17.7 Å². The number of β-amino-alcohol motifs (C(OH)–C–C–N with tert-alkyl or cyclic N) is 1. The van der Waals surface area contributed by atoms with Crippen LogP contribution in [0.4, 0.5) is 4.39 Å². The molecule has 126 valence electrons. The second kappa shape index (κ2) is 6.18. The number of benzene rings is 2. The number of rotatable bonds is 2. The first kappa shape index (κ1) is 15.6. The molecule has 0 spiro atoms. The van der Waals surface area contributed by atoms with Crippen molar-refractivity contribution in [1.29, 1.82) is 0 Å². The van der Waals surface area contributed by atoms with Crippen LogP contribution in [-0.4, -0.2) is 43.7 Å². The molecule has 0 saturated carbocycles. The molecule has 1 amide bonds. The number of halogens is 1. The molecule has 2 aromatic carbocycles. The predicted octanol–water partition coefficient (Wildman–Crippen LogP) is 2.11. The van der Waals surface area contributed by atoms with Crippen molar-refractivity contribution in [3.05, 3.63) is 65.7 Å². The van der Waals surface area contributed by atoms with Gasteiger partial charge in [0, 0.05) is 6.54 Å². The van der Waals surface area contributed by atoms with Crippen LogP contribution in [0.3, 0.4) is 0 Å². The van der Waals surface area contributed by atoms with E-state index in [1.807, 2.05) is 12.1 Å². The van der Waals surface area contributed by atoms with Crippen LogP contribution in [0.15, 0.2) is 48.5 Å². The Bertz CT molecular complexity index is 932. The number of aliphatic hydroxyl groups excluding tert-OH is 1. The van der Waals surface area contributed by atoms with Gasteiger partial charge in [-0.3, -0.25) is 4.79 Å². The molecule has 1 aliphatic rings. The molecule has 0 bridgehead atoms. The maximum Gasteiger partial charge on any atom is 0.294 e. The summed E-state index contributed by atoms with van der Waals surface area (Å²) >= 11 is 0. The first-order valence-corrected chi connectivity index (χ1v) is 7.96. The average Bonchev–Trinajstić information content (AvgIpc) is 3.03. The van der Waals surface area contributed by atoms with E-state index in [9.17, 15) is 14.3 Å². The summed E-state index contributed by atoms with van der Waals surface area (Å²) < 4.78 is 13.2. The van der Waals surface area contributed by atoms with Gasteiger partial charge in [-0.15, -0.1) is 10.2 Å². The Balaban J connectivity index is 1.67. The highest BCUT2D eigenvalue weighted by Crippen LogP contribution is 2.33. The molecule has 0 aliphatic carbocycles. The lowest BCUT2D eigenvalue weighted by Gasteiger charge is -2.23. The minimum Gasteiger partial charge on any atom is -0.391 e. The summed E-state index contributed by atoms with van der Waals surface area (Å²) in [6.07, 6.45) is -0.259. The molecule has 0 radical (unpaired) electrons. The van der Waals surface area contributed by atoms with Gasteiger partial charge >= 0.3 is 0 Å². The summed E-state index contributed by atoms with van der Waals surface area (Å²) in [5, 5.41) is 18.0. The van der Waals surface area contributed by atoms with Crippen molar-refractivity contribution < 1.29 is 14.3 Å². The Hall–Kier alpha value is -2.93. The van der Waals surface area contributed by atoms with Gasteiger partial charge in [-0.25, -0.2) is 9.37 Å². The van der Waals surface area contributed by atoms with Gasteiger partial charge in [0.15, 0.2) is 0 Å². The van der Waals surface area contributed by atoms with Gasteiger partial charge in [0.1, 0.15) is 11.3 Å². The number of hydrogen-bond donors (Lipinski definition) is 1. The van der Waals surface area contributed by atoms with Crippen LogP contribution in [0.25, 0.3) is 11.0 Å². The van der Waals surface area contributed by atoms with Crippen LogP contribution in [0.2, 0.25) is 0 Å². The Morgan fingerprint density at radius 3 is 2.56 bits per heavy atom. The topological polar surface area (TPSA) is 79.2 Å². The Morgan fingerprint density at radius 1 is 1.08 bits per heavy atom. The van der Waals surface area contributed by atoms with Crippen LogP contribution in [0, 0.1) is 5.82 Å². The standard InChI is InChI=1S/C18H15FN4O2/c19-12-7-5-11(6-8-12)16-9-13(24)10-23(16)18(25)17-20-14-3-1-2-4-15(14)21-22-17/h1-8,13,16,24H,9-10H2/t13-,16-/m1/s1. The Morgan fingerprint density at radius 2 is 1.80 bits per heavy atom. The molecular weight excluding hydrogens is 323 g/mol. The van der Waals surface area contributed by atoms with E-state index in [2.05, 4.69) is 15.2 Å². The molecule has 1 aromatic heterocycles. The fraction of sp³-hybridized carbons (Fsp3) is 0.222. The number of carbonyl (C=O) groups excluding carboxylic acids is 1. The van der Waals surface area contributed by atoms with Gasteiger partial charge in [-0.1, -0.05) is 24.3 Å². The second-order valence-corrected chi connectivity index (χ2v) is 6.04. The number of aliphatic hydroxyl groups is 1. The number of amides is 1. The second-order valence-electron chi connectivity index (χ2n) is 6.04. The number of fused-ring (bicyclic) bond motifs is 1. The van der Waals surface area contributed by atoms with Gasteiger partial charge in [-0.05, 0) is 36.2 Å². The van der Waals surface area contributed by atoms with Crippen LogP contribution in [0.5, 0.6) is 0 Å². The monoisotopic (exact) mass is 338 g/mol. The van der Waals surface area contributed by atoms with Crippen LogP contribution >= 0.6 is 0 Å². The molecule has 6 nitrogen and oxygen atoms in total. The molecule has 1 aliphatic heterocycles. The predicted molar refractivity (Wildman–Crippen MR) is 88.1 cm³/mol. The van der Waals surface area contributed by atoms with Crippen molar-refractivity contribution >= 4 is 16.9 Å². The first-order valence-electron chi connectivity index (χ1n) is 7.96. The average molecular weight is 338 g/mol. The molecule has 2 heterocycles. The van der Waals surface area contributed by atoms with E-state index >= 15 is 0 Å². The number of para-hydroxylation sites is 1. The van der Waals surface area contributed by atoms with E-state index in [1.54, 1.807) is 24.3 Å². The van der Waals surface area contributed by atoms with Crippen LogP contribution in [0.1, 0.15) is 28.6 Å². The van der Waals surface area contributed by atoms with E-state index in [0.29, 0.717) is 17.5 Å². The molecule has 3 aromatic rings. The Kier molecular flexibility index (Phi) is 3.85. The van der Waals surface area contributed by atoms with Gasteiger partial charge in [0.2, 0.25) is 5.82 Å². The number of likely N-dealkylation sites (tertiary alicyclic amines) is 1. The summed E-state index contributed by atoms with van der Waals surface area (Å²) in [7, 11) is 0. The minimum absolute atomic E-state index is 0.0140. The van der Waals surface area contributed by atoms with E-state index in [0.717, 1.165) is 5.56 Å². The van der Waals surface area contributed by atoms with Gasteiger partial charge in [0.25, 0.3) is 5.91 Å². The van der Waals surface area contributed by atoms with Crippen molar-refractivity contribution in [2.75, 3.05) is 6.54 Å². The molecule has 0 unspecified atom stereocenters. The zero-order valence-corrected chi connectivity index (χ0v) is 13.2. The molecule has 4 rings (SSSR count). The van der Waals surface area contributed by atoms with E-state index in [4.69, 9.17) is 0 Å². The summed E-state index contributed by atoms with van der Waals surface area (Å²) in [5.74, 6) is -0.758. The van der Waals surface area contributed by atoms with E-state index < -0.39 is 12.0 Å². The number of carbonyl (C=O) groups is 1. The molecule has 2 atom stereocenters. The van der Waals surface area contributed by atoms with Gasteiger partial charge in [-0.2, -0.15) is 0 Å². The third-order valence-corrected chi connectivity index (χ3v) is 4.35. The number of aromatic nitrogens is 3. The highest BCUT2D eigenvalue weighted by Gasteiger charge is 2.37. The zero-order chi connectivity index (χ0) is 17.4. The van der Waals surface area contributed by atoms with Crippen LogP contribution in [-0.2, 0) is 0 Å². The molecule has 7 heteroatoms. The van der Waals surface area contributed by atoms with Crippen LogP contribution < -0.4 is 0 Å². The highest BCUT2D eigenvalue weighted by molar-refractivity contribution is 5.92. The molecule has 1 saturated heterocycles.